The first kappa shape index (κ1) is 13.8. The van der Waals surface area contributed by atoms with Crippen molar-refractivity contribution in [3.8, 4) is 0 Å². The van der Waals surface area contributed by atoms with E-state index in [0.29, 0.717) is 0 Å². The van der Waals surface area contributed by atoms with Crippen LogP contribution in [-0.2, 0) is 0 Å². The van der Waals surface area contributed by atoms with Gasteiger partial charge in [-0.05, 0) is 49.2 Å². The van der Waals surface area contributed by atoms with Gasteiger partial charge in [-0.25, -0.2) is 4.52 Å². The number of nitrogens with one attached hydrogen (secondary N) is 1. The molecule has 0 radical (unpaired) electrons. The van der Waals surface area contributed by atoms with E-state index in [2.05, 4.69) is 61.5 Å². The van der Waals surface area contributed by atoms with E-state index >= 15 is 0 Å². The van der Waals surface area contributed by atoms with Gasteiger partial charge in [-0.2, -0.15) is 5.10 Å². The Labute approximate surface area is 125 Å². The summed E-state index contributed by atoms with van der Waals surface area (Å²) in [6.07, 6.45) is 3.97. The van der Waals surface area contributed by atoms with E-state index in [0.717, 1.165) is 12.1 Å². The second kappa shape index (κ2) is 5.70. The predicted molar refractivity (Wildman–Crippen MR) is 86.6 cm³/mol. The lowest BCUT2D eigenvalue weighted by Crippen LogP contribution is -2.22. The van der Waals surface area contributed by atoms with Crippen LogP contribution in [-0.4, -0.2) is 16.2 Å². The van der Waals surface area contributed by atoms with Gasteiger partial charge < -0.3 is 5.32 Å². The third-order valence-corrected chi connectivity index (χ3v) is 4.13. The highest BCUT2D eigenvalue weighted by atomic mass is 15.2. The van der Waals surface area contributed by atoms with Crippen LogP contribution in [0.15, 0.2) is 48.8 Å². The smallest absolute Gasteiger partial charge is 0.0712 e. The number of rotatable bonds is 4. The van der Waals surface area contributed by atoms with Crippen LogP contribution in [0, 0.1) is 13.8 Å². The number of hydrogen-bond acceptors (Lipinski definition) is 2. The van der Waals surface area contributed by atoms with Gasteiger partial charge in [0, 0.05) is 11.8 Å². The van der Waals surface area contributed by atoms with Gasteiger partial charge in [-0.15, -0.1) is 0 Å². The molecule has 3 aromatic rings. The maximum absolute atomic E-state index is 4.48. The van der Waals surface area contributed by atoms with Crippen LogP contribution in [0.3, 0.4) is 0 Å². The van der Waals surface area contributed by atoms with Crippen molar-refractivity contribution < 1.29 is 0 Å². The maximum atomic E-state index is 4.48. The van der Waals surface area contributed by atoms with Crippen LogP contribution in [0.4, 0.5) is 0 Å². The van der Waals surface area contributed by atoms with Crippen molar-refractivity contribution >= 4 is 5.52 Å². The number of fused-ring (bicyclic) bond motifs is 1. The first-order valence-corrected chi connectivity index (χ1v) is 7.44. The Hall–Kier alpha value is -2.13. The van der Waals surface area contributed by atoms with Gasteiger partial charge in [0.1, 0.15) is 0 Å². The van der Waals surface area contributed by atoms with Crippen LogP contribution in [0.1, 0.15) is 35.2 Å². The molecule has 0 saturated heterocycles. The average molecular weight is 279 g/mol. The fourth-order valence-electron chi connectivity index (χ4n) is 2.85. The summed E-state index contributed by atoms with van der Waals surface area (Å²) >= 11 is 0. The van der Waals surface area contributed by atoms with Crippen molar-refractivity contribution in [2.24, 2.45) is 0 Å². The summed E-state index contributed by atoms with van der Waals surface area (Å²) in [7, 11) is 0. The Bertz CT molecular complexity index is 758. The fraction of sp³-hybridized carbons (Fsp3) is 0.278. The average Bonchev–Trinajstić information content (AvgIpc) is 2.92. The Kier molecular flexibility index (Phi) is 3.76. The minimum Gasteiger partial charge on any atom is -0.306 e. The molecule has 0 amide bonds. The van der Waals surface area contributed by atoms with E-state index in [4.69, 9.17) is 0 Å². The molecular formula is C18H21N3. The molecule has 0 saturated carbocycles. The molecular weight excluding hydrogens is 258 g/mol. The van der Waals surface area contributed by atoms with Crippen LogP contribution < -0.4 is 5.32 Å². The predicted octanol–water partition coefficient (Wildman–Crippen LogP) is 3.65. The number of aryl methyl sites for hydroxylation is 1. The molecule has 1 atom stereocenters. The highest BCUT2D eigenvalue weighted by Crippen LogP contribution is 2.29. The molecule has 2 heterocycles. The molecule has 108 valence electrons. The minimum absolute atomic E-state index is 0.176. The summed E-state index contributed by atoms with van der Waals surface area (Å²) in [6.45, 7) is 7.42. The van der Waals surface area contributed by atoms with E-state index in [9.17, 15) is 0 Å². The molecule has 0 aliphatic carbocycles. The molecule has 0 fully saturated rings. The third kappa shape index (κ3) is 2.45. The number of pyridine rings is 1. The maximum Gasteiger partial charge on any atom is 0.0712 e. The van der Waals surface area contributed by atoms with Crippen LogP contribution >= 0.6 is 0 Å². The molecule has 1 aromatic carbocycles. The van der Waals surface area contributed by atoms with Gasteiger partial charge in [-0.3, -0.25) is 0 Å². The second-order valence-corrected chi connectivity index (χ2v) is 5.41. The minimum atomic E-state index is 0.176. The zero-order valence-corrected chi connectivity index (χ0v) is 12.8. The monoisotopic (exact) mass is 279 g/mol. The van der Waals surface area contributed by atoms with Gasteiger partial charge in [-0.1, -0.05) is 31.2 Å². The van der Waals surface area contributed by atoms with Gasteiger partial charge in [0.2, 0.25) is 0 Å². The zero-order valence-electron chi connectivity index (χ0n) is 12.8. The number of benzene rings is 1. The lowest BCUT2D eigenvalue weighted by atomic mass is 9.93. The van der Waals surface area contributed by atoms with E-state index in [-0.39, 0.29) is 6.04 Å². The van der Waals surface area contributed by atoms with Crippen molar-refractivity contribution in [3.05, 3.63) is 71.0 Å². The molecule has 3 nitrogen and oxygen atoms in total. The van der Waals surface area contributed by atoms with Crippen molar-refractivity contribution in [1.82, 2.24) is 14.9 Å². The standard InChI is InChI=1S/C18H21N3/c1-4-19-18(15-9-7-8-13(2)14(15)3)16-12-20-21-11-6-5-10-17(16)21/h5-12,18-19H,4H2,1-3H3. The molecule has 21 heavy (non-hydrogen) atoms. The zero-order chi connectivity index (χ0) is 14.8. The summed E-state index contributed by atoms with van der Waals surface area (Å²) in [5, 5.41) is 8.08. The van der Waals surface area contributed by atoms with Gasteiger partial charge in [0.15, 0.2) is 0 Å². The number of nitrogens with zero attached hydrogens (tertiary/aromatic N) is 2. The van der Waals surface area contributed by atoms with Crippen molar-refractivity contribution in [2.45, 2.75) is 26.8 Å². The van der Waals surface area contributed by atoms with E-state index in [1.165, 1.54) is 22.3 Å². The molecule has 0 bridgehead atoms. The third-order valence-electron chi connectivity index (χ3n) is 4.13. The lowest BCUT2D eigenvalue weighted by Gasteiger charge is -2.21. The highest BCUT2D eigenvalue weighted by molar-refractivity contribution is 5.58. The Morgan fingerprint density at radius 2 is 1.95 bits per heavy atom. The Morgan fingerprint density at radius 3 is 2.76 bits per heavy atom. The highest BCUT2D eigenvalue weighted by Gasteiger charge is 2.19. The molecule has 1 N–H and O–H groups in total. The summed E-state index contributed by atoms with van der Waals surface area (Å²) in [5.41, 5.74) is 6.39. The second-order valence-electron chi connectivity index (χ2n) is 5.41. The quantitative estimate of drug-likeness (QED) is 0.790. The summed E-state index contributed by atoms with van der Waals surface area (Å²) in [6, 6.07) is 12.9. The molecule has 0 aliphatic heterocycles. The summed E-state index contributed by atoms with van der Waals surface area (Å²) < 4.78 is 1.94. The molecule has 0 spiro atoms. The van der Waals surface area contributed by atoms with Gasteiger partial charge in [0.25, 0.3) is 0 Å². The molecule has 3 rings (SSSR count). The van der Waals surface area contributed by atoms with Crippen molar-refractivity contribution in [2.75, 3.05) is 6.54 Å². The van der Waals surface area contributed by atoms with Gasteiger partial charge >= 0.3 is 0 Å². The fourth-order valence-corrected chi connectivity index (χ4v) is 2.85. The normalized spacial score (nSPS) is 12.7. The summed E-state index contributed by atoms with van der Waals surface area (Å²) in [5.74, 6) is 0. The first-order chi connectivity index (χ1) is 10.2. The summed E-state index contributed by atoms with van der Waals surface area (Å²) in [4.78, 5) is 0. The van der Waals surface area contributed by atoms with Crippen LogP contribution in [0.25, 0.3) is 5.52 Å². The van der Waals surface area contributed by atoms with Gasteiger partial charge in [0.05, 0.1) is 17.8 Å². The van der Waals surface area contributed by atoms with Crippen LogP contribution in [0.2, 0.25) is 0 Å². The van der Waals surface area contributed by atoms with Crippen molar-refractivity contribution in [3.63, 3.8) is 0 Å². The van der Waals surface area contributed by atoms with E-state index in [1.54, 1.807) is 0 Å². The topological polar surface area (TPSA) is 29.3 Å². The molecule has 3 heteroatoms. The number of aromatic nitrogens is 2. The largest absolute Gasteiger partial charge is 0.306 e. The number of hydrogen-bond donors (Lipinski definition) is 1. The first-order valence-electron chi connectivity index (χ1n) is 7.44. The van der Waals surface area contributed by atoms with E-state index in [1.807, 2.05) is 23.0 Å². The lowest BCUT2D eigenvalue weighted by molar-refractivity contribution is 0.630. The van der Waals surface area contributed by atoms with E-state index < -0.39 is 0 Å². The Balaban J connectivity index is 2.16. The Morgan fingerprint density at radius 1 is 1.10 bits per heavy atom. The van der Waals surface area contributed by atoms with Crippen LogP contribution in [0.5, 0.6) is 0 Å². The molecule has 0 aliphatic rings. The van der Waals surface area contributed by atoms with Crippen molar-refractivity contribution in [1.29, 1.82) is 0 Å². The molecule has 1 unspecified atom stereocenters. The molecule has 2 aromatic heterocycles. The SMILES string of the molecule is CCNC(c1cccc(C)c1C)c1cnn2ccccc12.